The Labute approximate surface area is 220 Å². The molecule has 0 bridgehead atoms. The van der Waals surface area contributed by atoms with Gasteiger partial charge in [0.2, 0.25) is 0 Å². The molecule has 2 fully saturated rings. The van der Waals surface area contributed by atoms with Gasteiger partial charge < -0.3 is 36.5 Å². The molecule has 3 aromatic rings. The predicted molar refractivity (Wildman–Crippen MR) is 145 cm³/mol. The van der Waals surface area contributed by atoms with Crippen LogP contribution in [0.4, 0.5) is 17.3 Å². The van der Waals surface area contributed by atoms with Crippen molar-refractivity contribution in [2.24, 2.45) is 16.9 Å². The quantitative estimate of drug-likeness (QED) is 0.311. The lowest BCUT2D eigenvalue weighted by Gasteiger charge is -2.41. The van der Waals surface area contributed by atoms with Crippen LogP contribution in [0.15, 0.2) is 18.2 Å². The molecule has 1 spiro atoms. The van der Waals surface area contributed by atoms with Crippen molar-refractivity contribution in [1.29, 1.82) is 5.41 Å². The number of hydrogen-bond acceptors (Lipinski definition) is 11. The molecule has 7 N–H and O–H groups in total. The van der Waals surface area contributed by atoms with Gasteiger partial charge in [-0.25, -0.2) is 15.0 Å². The number of nitrogens with zero attached hydrogens (tertiary/aromatic N) is 6. The molecular weight excluding hydrogens is 484 g/mol. The van der Waals surface area contributed by atoms with E-state index < -0.39 is 0 Å². The standard InChI is InChI=1S/C26H34N10O2/c1-15-22(29)26(14-38-15)7-11-35(12-8-26)24-19(13-37)31-21-23(32-24)33-34-25(21)36-10-2-3-18-20(36)5-4-17(30-18)16(28)6-9-27/h4-6,9,15,22,27,37H,2-3,7-8,10-14,28-29H2,1H3,(H,32,33,34)/b16-6-,27-9?/t15-,22+/m0/s1. The molecule has 0 saturated carbocycles. The summed E-state index contributed by atoms with van der Waals surface area (Å²) in [5.41, 5.74) is 17.3. The highest BCUT2D eigenvalue weighted by Gasteiger charge is 2.47. The summed E-state index contributed by atoms with van der Waals surface area (Å²) in [5.74, 6) is 1.34. The number of aryl methyl sites for hydroxylation is 1. The summed E-state index contributed by atoms with van der Waals surface area (Å²) in [4.78, 5) is 18.8. The van der Waals surface area contributed by atoms with Crippen molar-refractivity contribution in [1.82, 2.24) is 25.1 Å². The summed E-state index contributed by atoms with van der Waals surface area (Å²) in [7, 11) is 0. The fourth-order valence-electron chi connectivity index (χ4n) is 6.04. The van der Waals surface area contributed by atoms with Crippen LogP contribution in [0.2, 0.25) is 0 Å². The van der Waals surface area contributed by atoms with Crippen molar-refractivity contribution in [3.8, 4) is 0 Å². The lowest BCUT2D eigenvalue weighted by Crippen LogP contribution is -2.51. The van der Waals surface area contributed by atoms with Crippen molar-refractivity contribution in [2.75, 3.05) is 36.0 Å². The summed E-state index contributed by atoms with van der Waals surface area (Å²) in [5, 5.41) is 25.2. The van der Waals surface area contributed by atoms with Crippen LogP contribution in [0.25, 0.3) is 16.9 Å². The van der Waals surface area contributed by atoms with Crippen LogP contribution < -0.4 is 21.3 Å². The first kappa shape index (κ1) is 24.7. The zero-order chi connectivity index (χ0) is 26.4. The highest BCUT2D eigenvalue weighted by molar-refractivity contribution is 5.88. The van der Waals surface area contributed by atoms with Gasteiger partial charge in [0.25, 0.3) is 0 Å². The third-order valence-corrected chi connectivity index (χ3v) is 8.33. The number of piperidine rings is 1. The SMILES string of the molecule is C[C@@H]1OCC2(CCN(c3nc4[nH]nc(N5CCCc6nc(/C(N)=C/C=N)ccc65)c4nc3CO)CC2)[C@@H]1N. The zero-order valence-corrected chi connectivity index (χ0v) is 21.5. The first-order chi connectivity index (χ1) is 18.4. The Balaban J connectivity index is 1.30. The van der Waals surface area contributed by atoms with Crippen molar-refractivity contribution in [3.63, 3.8) is 0 Å². The number of aliphatic hydroxyl groups excluding tert-OH is 1. The molecule has 0 aliphatic carbocycles. The van der Waals surface area contributed by atoms with Gasteiger partial charge in [-0.15, -0.1) is 0 Å². The Hall–Kier alpha value is -3.61. The molecule has 2 saturated heterocycles. The van der Waals surface area contributed by atoms with E-state index in [0.29, 0.717) is 46.5 Å². The van der Waals surface area contributed by atoms with Gasteiger partial charge in [0.1, 0.15) is 5.69 Å². The number of aromatic amines is 1. The Morgan fingerprint density at radius 1 is 1.24 bits per heavy atom. The first-order valence-electron chi connectivity index (χ1n) is 13.2. The Morgan fingerprint density at radius 2 is 2.05 bits per heavy atom. The minimum absolute atomic E-state index is 0.00343. The number of anilines is 3. The Morgan fingerprint density at radius 3 is 2.76 bits per heavy atom. The molecule has 200 valence electrons. The number of rotatable bonds is 5. The van der Waals surface area contributed by atoms with E-state index in [2.05, 4.69) is 20.0 Å². The second-order valence-corrected chi connectivity index (χ2v) is 10.5. The molecule has 6 heterocycles. The third kappa shape index (κ3) is 3.99. The summed E-state index contributed by atoms with van der Waals surface area (Å²) in [6, 6.07) is 3.88. The molecule has 38 heavy (non-hydrogen) atoms. The zero-order valence-electron chi connectivity index (χ0n) is 21.5. The topological polar surface area (TPSA) is 179 Å². The van der Waals surface area contributed by atoms with Gasteiger partial charge in [-0.1, -0.05) is 0 Å². The van der Waals surface area contributed by atoms with Crippen LogP contribution in [-0.2, 0) is 17.8 Å². The number of H-pyrrole nitrogens is 1. The maximum absolute atomic E-state index is 10.3. The van der Waals surface area contributed by atoms with Crippen molar-refractivity contribution < 1.29 is 9.84 Å². The minimum Gasteiger partial charge on any atom is -0.397 e. The van der Waals surface area contributed by atoms with E-state index in [9.17, 15) is 5.11 Å². The maximum Gasteiger partial charge on any atom is 0.183 e. The molecule has 0 unspecified atom stereocenters. The molecule has 3 aliphatic heterocycles. The van der Waals surface area contributed by atoms with E-state index in [4.69, 9.17) is 36.6 Å². The molecule has 0 aromatic carbocycles. The Bertz CT molecular complexity index is 1390. The number of nitrogens with one attached hydrogen (secondary N) is 2. The molecule has 6 rings (SSSR count). The van der Waals surface area contributed by atoms with Gasteiger partial charge in [-0.05, 0) is 50.8 Å². The second-order valence-electron chi connectivity index (χ2n) is 10.5. The van der Waals surface area contributed by atoms with Crippen LogP contribution >= 0.6 is 0 Å². The smallest absolute Gasteiger partial charge is 0.183 e. The van der Waals surface area contributed by atoms with Crippen molar-refractivity contribution >= 4 is 40.4 Å². The number of aliphatic hydroxyl groups is 1. The fourth-order valence-corrected chi connectivity index (χ4v) is 6.04. The predicted octanol–water partition coefficient (Wildman–Crippen LogP) is 1.61. The number of fused-ring (bicyclic) bond motifs is 2. The van der Waals surface area contributed by atoms with E-state index in [0.717, 1.165) is 62.9 Å². The van der Waals surface area contributed by atoms with Gasteiger partial charge >= 0.3 is 0 Å². The first-order valence-corrected chi connectivity index (χ1v) is 13.2. The maximum atomic E-state index is 10.3. The minimum atomic E-state index is -0.218. The molecule has 2 atom stereocenters. The number of hydrogen-bond donors (Lipinski definition) is 5. The lowest BCUT2D eigenvalue weighted by molar-refractivity contribution is 0.0973. The fraction of sp³-hybridized carbons (Fsp3) is 0.500. The molecule has 3 aliphatic rings. The van der Waals surface area contributed by atoms with E-state index >= 15 is 0 Å². The lowest BCUT2D eigenvalue weighted by atomic mass is 9.73. The van der Waals surface area contributed by atoms with Crippen molar-refractivity contribution in [3.05, 3.63) is 35.3 Å². The molecule has 0 radical (unpaired) electrons. The van der Waals surface area contributed by atoms with E-state index in [1.54, 1.807) is 0 Å². The molecule has 12 nitrogen and oxygen atoms in total. The van der Waals surface area contributed by atoms with Gasteiger partial charge in [-0.3, -0.25) is 5.10 Å². The van der Waals surface area contributed by atoms with Crippen LogP contribution in [0, 0.1) is 10.8 Å². The summed E-state index contributed by atoms with van der Waals surface area (Å²) in [6.07, 6.45) is 6.30. The van der Waals surface area contributed by atoms with Crippen LogP contribution in [0.1, 0.15) is 43.3 Å². The second kappa shape index (κ2) is 9.61. The summed E-state index contributed by atoms with van der Waals surface area (Å²) >= 11 is 0. The average molecular weight is 519 g/mol. The number of ether oxygens (including phenoxy) is 1. The number of aromatic nitrogens is 5. The van der Waals surface area contributed by atoms with Gasteiger partial charge in [-0.2, -0.15) is 5.10 Å². The van der Waals surface area contributed by atoms with Gasteiger partial charge in [0.15, 0.2) is 22.8 Å². The highest BCUT2D eigenvalue weighted by atomic mass is 16.5. The normalized spacial score (nSPS) is 23.3. The highest BCUT2D eigenvalue weighted by Crippen LogP contribution is 2.42. The Kier molecular flexibility index (Phi) is 6.25. The number of nitrogens with two attached hydrogens (primary N) is 2. The summed E-state index contributed by atoms with van der Waals surface area (Å²) < 4.78 is 5.86. The van der Waals surface area contributed by atoms with E-state index in [1.165, 1.54) is 6.08 Å². The average Bonchev–Trinajstić information content (AvgIpc) is 3.48. The molecule has 12 heteroatoms. The molecule has 0 amide bonds. The summed E-state index contributed by atoms with van der Waals surface area (Å²) in [6.45, 7) is 4.84. The number of allylic oxidation sites excluding steroid dienone is 1. The number of pyridine rings is 1. The molecular formula is C26H34N10O2. The van der Waals surface area contributed by atoms with Crippen LogP contribution in [0.3, 0.4) is 0 Å². The third-order valence-electron chi connectivity index (χ3n) is 8.33. The molecule has 3 aromatic heterocycles. The van der Waals surface area contributed by atoms with Crippen molar-refractivity contribution in [2.45, 2.75) is 51.4 Å². The van der Waals surface area contributed by atoms with Gasteiger partial charge in [0, 0.05) is 37.3 Å². The largest absolute Gasteiger partial charge is 0.397 e. The van der Waals surface area contributed by atoms with Crippen LogP contribution in [0.5, 0.6) is 0 Å². The van der Waals surface area contributed by atoms with E-state index in [-0.39, 0.29) is 24.2 Å². The van der Waals surface area contributed by atoms with E-state index in [1.807, 2.05) is 19.1 Å². The van der Waals surface area contributed by atoms with Gasteiger partial charge in [0.05, 0.1) is 42.1 Å². The van der Waals surface area contributed by atoms with Crippen LogP contribution in [-0.4, -0.2) is 74.9 Å². The monoisotopic (exact) mass is 518 g/mol.